The number of hydrogen-bond donors (Lipinski definition) is 0. The van der Waals surface area contributed by atoms with Crippen molar-refractivity contribution in [3.05, 3.63) is 0 Å². The summed E-state index contributed by atoms with van der Waals surface area (Å²) in [5.74, 6) is 8.16. The Balaban J connectivity index is 0.000000509. The van der Waals surface area contributed by atoms with Crippen LogP contribution in [0.2, 0.25) is 0 Å². The quantitative estimate of drug-likeness (QED) is 0.499. The van der Waals surface area contributed by atoms with Crippen LogP contribution in [-0.4, -0.2) is 12.6 Å². The zero-order valence-corrected chi connectivity index (χ0v) is 13.2. The molecule has 10 atom stereocenters. The van der Waals surface area contributed by atoms with Crippen LogP contribution in [0, 0.1) is 59.2 Å². The molecule has 0 spiro atoms. The Bertz CT molecular complexity index is 431. The summed E-state index contributed by atoms with van der Waals surface area (Å²) in [6, 6.07) is 0. The molecule has 5 fully saturated rings. The van der Waals surface area contributed by atoms with Gasteiger partial charge in [0.15, 0.2) is 0 Å². The highest BCUT2D eigenvalue weighted by molar-refractivity contribution is 5.76. The first kappa shape index (κ1) is 13.2. The lowest BCUT2D eigenvalue weighted by molar-refractivity contribution is -0.143. The number of fused-ring (bicyclic) bond motifs is 12. The SMILES string of the molecule is CC.CC1C(C)C2CC1C1C3CC(C4C(=O)OCC34)C21. The number of esters is 1. The zero-order chi connectivity index (χ0) is 14.2. The Morgan fingerprint density at radius 1 is 0.850 bits per heavy atom. The smallest absolute Gasteiger partial charge is 0.309 e. The van der Waals surface area contributed by atoms with Gasteiger partial charge in [-0.15, -0.1) is 0 Å². The van der Waals surface area contributed by atoms with Gasteiger partial charge in [-0.2, -0.15) is 0 Å². The van der Waals surface area contributed by atoms with Crippen LogP contribution in [0.15, 0.2) is 0 Å². The lowest BCUT2D eigenvalue weighted by Gasteiger charge is -2.43. The Morgan fingerprint density at radius 3 is 2.05 bits per heavy atom. The summed E-state index contributed by atoms with van der Waals surface area (Å²) in [5, 5.41) is 0. The van der Waals surface area contributed by atoms with Gasteiger partial charge in [-0.05, 0) is 60.2 Å². The molecule has 1 heterocycles. The van der Waals surface area contributed by atoms with Crippen LogP contribution in [0.25, 0.3) is 0 Å². The molecular weight excluding hydrogens is 248 g/mol. The van der Waals surface area contributed by atoms with E-state index in [-0.39, 0.29) is 5.97 Å². The van der Waals surface area contributed by atoms with Crippen LogP contribution in [0.5, 0.6) is 0 Å². The monoisotopic (exact) mass is 276 g/mol. The van der Waals surface area contributed by atoms with Crippen molar-refractivity contribution in [3.8, 4) is 0 Å². The normalized spacial score (nSPS) is 60.9. The molecule has 112 valence electrons. The molecule has 10 unspecified atom stereocenters. The van der Waals surface area contributed by atoms with Gasteiger partial charge in [0, 0.05) is 5.92 Å². The van der Waals surface area contributed by atoms with Crippen LogP contribution in [0.1, 0.15) is 40.5 Å². The number of carbonyl (C=O) groups is 1. The molecule has 1 aliphatic heterocycles. The molecule has 1 saturated heterocycles. The van der Waals surface area contributed by atoms with Crippen molar-refractivity contribution < 1.29 is 9.53 Å². The lowest BCUT2D eigenvalue weighted by Crippen LogP contribution is -2.42. The van der Waals surface area contributed by atoms with E-state index in [0.717, 1.165) is 48.0 Å². The third kappa shape index (κ3) is 1.30. The molecule has 4 bridgehead atoms. The fraction of sp³-hybridized carbons (Fsp3) is 0.944. The molecule has 0 aromatic carbocycles. The van der Waals surface area contributed by atoms with E-state index in [4.69, 9.17) is 4.74 Å². The second-order valence-electron chi connectivity index (χ2n) is 7.82. The van der Waals surface area contributed by atoms with Gasteiger partial charge in [-0.25, -0.2) is 0 Å². The largest absolute Gasteiger partial charge is 0.465 e. The Morgan fingerprint density at radius 2 is 1.40 bits per heavy atom. The van der Waals surface area contributed by atoms with Crippen molar-refractivity contribution in [2.75, 3.05) is 6.61 Å². The number of hydrogen-bond acceptors (Lipinski definition) is 2. The minimum atomic E-state index is 0.148. The van der Waals surface area contributed by atoms with Crippen LogP contribution < -0.4 is 0 Å². The summed E-state index contributed by atoms with van der Waals surface area (Å²) in [5.41, 5.74) is 0. The number of carbonyl (C=O) groups excluding carboxylic acids is 1. The average Bonchev–Trinajstić information content (AvgIpc) is 3.19. The molecule has 0 amide bonds. The van der Waals surface area contributed by atoms with Gasteiger partial charge in [0.2, 0.25) is 0 Å². The predicted molar refractivity (Wildman–Crippen MR) is 77.8 cm³/mol. The molecule has 0 radical (unpaired) electrons. The Kier molecular flexibility index (Phi) is 2.79. The van der Waals surface area contributed by atoms with Crippen molar-refractivity contribution in [1.82, 2.24) is 0 Å². The van der Waals surface area contributed by atoms with E-state index in [0.29, 0.717) is 17.8 Å². The standard InChI is InChI=1S/C16H22O2.C2H6/c1-6-7(2)9-3-8(6)13-10-4-11(14(9)13)15-12(10)5-18-16(15)17;1-2/h6-15H,3-5H2,1-2H3;1-2H3. The zero-order valence-electron chi connectivity index (χ0n) is 13.2. The Hall–Kier alpha value is -0.530. The minimum absolute atomic E-state index is 0.148. The fourth-order valence-electron chi connectivity index (χ4n) is 7.23. The van der Waals surface area contributed by atoms with Crippen molar-refractivity contribution in [3.63, 3.8) is 0 Å². The summed E-state index contributed by atoms with van der Waals surface area (Å²) in [6.07, 6.45) is 2.82. The third-order valence-corrected chi connectivity index (χ3v) is 7.85. The molecule has 0 N–H and O–H groups in total. The van der Waals surface area contributed by atoms with Crippen LogP contribution in [0.3, 0.4) is 0 Å². The summed E-state index contributed by atoms with van der Waals surface area (Å²) in [4.78, 5) is 12.0. The molecule has 2 nitrogen and oxygen atoms in total. The maximum atomic E-state index is 12.0. The minimum Gasteiger partial charge on any atom is -0.465 e. The molecule has 2 heteroatoms. The second-order valence-corrected chi connectivity index (χ2v) is 7.82. The molecule has 0 aromatic heterocycles. The van der Waals surface area contributed by atoms with Crippen molar-refractivity contribution >= 4 is 5.97 Å². The predicted octanol–water partition coefficient (Wildman–Crippen LogP) is 3.61. The van der Waals surface area contributed by atoms with Crippen LogP contribution >= 0.6 is 0 Å². The summed E-state index contributed by atoms with van der Waals surface area (Å²) in [6.45, 7) is 9.68. The first-order chi connectivity index (χ1) is 9.68. The number of ether oxygens (including phenoxy) is 1. The molecule has 5 aliphatic rings. The van der Waals surface area contributed by atoms with E-state index < -0.39 is 0 Å². The molecule has 5 rings (SSSR count). The summed E-state index contributed by atoms with van der Waals surface area (Å²) >= 11 is 0. The number of cyclic esters (lactones) is 1. The van der Waals surface area contributed by atoms with Gasteiger partial charge < -0.3 is 4.74 Å². The van der Waals surface area contributed by atoms with Gasteiger partial charge in [0.05, 0.1) is 12.5 Å². The maximum absolute atomic E-state index is 12.0. The fourth-order valence-corrected chi connectivity index (χ4v) is 7.23. The highest BCUT2D eigenvalue weighted by Crippen LogP contribution is 2.73. The first-order valence-electron chi connectivity index (χ1n) is 8.85. The average molecular weight is 276 g/mol. The lowest BCUT2D eigenvalue weighted by atomic mass is 9.60. The van der Waals surface area contributed by atoms with E-state index in [1.54, 1.807) is 0 Å². The number of rotatable bonds is 0. The first-order valence-corrected chi connectivity index (χ1v) is 8.85. The van der Waals surface area contributed by atoms with Gasteiger partial charge >= 0.3 is 5.97 Å². The van der Waals surface area contributed by atoms with Crippen molar-refractivity contribution in [1.29, 1.82) is 0 Å². The van der Waals surface area contributed by atoms with E-state index in [9.17, 15) is 4.79 Å². The van der Waals surface area contributed by atoms with Crippen LogP contribution in [-0.2, 0) is 9.53 Å². The van der Waals surface area contributed by atoms with Crippen molar-refractivity contribution in [2.24, 2.45) is 59.2 Å². The molecule has 4 aliphatic carbocycles. The topological polar surface area (TPSA) is 26.3 Å². The molecule has 0 aromatic rings. The highest BCUT2D eigenvalue weighted by atomic mass is 16.5. The van der Waals surface area contributed by atoms with E-state index in [2.05, 4.69) is 13.8 Å². The van der Waals surface area contributed by atoms with Crippen LogP contribution in [0.4, 0.5) is 0 Å². The van der Waals surface area contributed by atoms with Gasteiger partial charge in [-0.3, -0.25) is 4.79 Å². The van der Waals surface area contributed by atoms with Gasteiger partial charge in [-0.1, -0.05) is 27.7 Å². The highest BCUT2D eigenvalue weighted by Gasteiger charge is 2.70. The van der Waals surface area contributed by atoms with Gasteiger partial charge in [0.1, 0.15) is 0 Å². The molecular formula is C18H28O2. The summed E-state index contributed by atoms with van der Waals surface area (Å²) < 4.78 is 5.37. The van der Waals surface area contributed by atoms with E-state index in [1.165, 1.54) is 12.8 Å². The molecule has 4 saturated carbocycles. The summed E-state index contributed by atoms with van der Waals surface area (Å²) in [7, 11) is 0. The maximum Gasteiger partial charge on any atom is 0.309 e. The van der Waals surface area contributed by atoms with E-state index >= 15 is 0 Å². The van der Waals surface area contributed by atoms with Crippen molar-refractivity contribution in [2.45, 2.75) is 40.5 Å². The third-order valence-electron chi connectivity index (χ3n) is 7.85. The van der Waals surface area contributed by atoms with E-state index in [1.807, 2.05) is 13.8 Å². The molecule has 20 heavy (non-hydrogen) atoms. The Labute approximate surface area is 122 Å². The van der Waals surface area contributed by atoms with Gasteiger partial charge in [0.25, 0.3) is 0 Å². The second kappa shape index (κ2) is 4.24.